The van der Waals surface area contributed by atoms with Crippen molar-refractivity contribution in [3.8, 4) is 0 Å². The van der Waals surface area contributed by atoms with E-state index in [4.69, 9.17) is 5.11 Å². The molecule has 1 atom stereocenters. The van der Waals surface area contributed by atoms with Crippen LogP contribution in [-0.2, 0) is 4.79 Å². The highest BCUT2D eigenvalue weighted by atomic mass is 16.4. The molecule has 5 nitrogen and oxygen atoms in total. The molecule has 0 aromatic carbocycles. The number of carboxylic acids is 1. The standard InChI is InChI=1S/C11H15N3O2/c1-7-5-10(13-8(2)12-7)14-4-3-9(6-14)11(15)16/h5,9H,3-4,6H2,1-2H3,(H,15,16)/t9-/m0/s1. The number of anilines is 1. The van der Waals surface area contributed by atoms with E-state index in [1.807, 2.05) is 24.8 Å². The van der Waals surface area contributed by atoms with Crippen molar-refractivity contribution in [2.75, 3.05) is 18.0 Å². The maximum atomic E-state index is 10.9. The SMILES string of the molecule is Cc1cc(N2CC[C@H](C(=O)O)C2)nc(C)n1. The third-order valence-electron chi connectivity index (χ3n) is 2.81. The van der Waals surface area contributed by atoms with Crippen molar-refractivity contribution >= 4 is 11.8 Å². The third kappa shape index (κ3) is 2.13. The Hall–Kier alpha value is -1.65. The second-order valence-corrected chi connectivity index (χ2v) is 4.18. The summed E-state index contributed by atoms with van der Waals surface area (Å²) in [6.07, 6.45) is 0.692. The number of hydrogen-bond acceptors (Lipinski definition) is 4. The van der Waals surface area contributed by atoms with Gasteiger partial charge in [0.05, 0.1) is 5.92 Å². The summed E-state index contributed by atoms with van der Waals surface area (Å²) in [6.45, 7) is 5.07. The van der Waals surface area contributed by atoms with Gasteiger partial charge in [0.2, 0.25) is 0 Å². The Labute approximate surface area is 94.1 Å². The Morgan fingerprint density at radius 3 is 2.81 bits per heavy atom. The van der Waals surface area contributed by atoms with Crippen molar-refractivity contribution in [2.24, 2.45) is 5.92 Å². The summed E-state index contributed by atoms with van der Waals surface area (Å²) in [7, 11) is 0. The first-order valence-electron chi connectivity index (χ1n) is 5.36. The summed E-state index contributed by atoms with van der Waals surface area (Å²) in [5, 5.41) is 8.93. The number of aromatic nitrogens is 2. The Bertz CT molecular complexity index is 399. The van der Waals surface area contributed by atoms with Crippen LogP contribution in [0.3, 0.4) is 0 Å². The topological polar surface area (TPSA) is 66.3 Å². The summed E-state index contributed by atoms with van der Waals surface area (Å²) < 4.78 is 0. The minimum Gasteiger partial charge on any atom is -0.481 e. The molecular weight excluding hydrogens is 206 g/mol. The molecule has 0 bridgehead atoms. The van der Waals surface area contributed by atoms with Crippen LogP contribution in [0.25, 0.3) is 0 Å². The molecule has 1 N–H and O–H groups in total. The van der Waals surface area contributed by atoms with Gasteiger partial charge < -0.3 is 10.0 Å². The van der Waals surface area contributed by atoms with E-state index in [9.17, 15) is 4.79 Å². The molecule has 0 aliphatic carbocycles. The lowest BCUT2D eigenvalue weighted by molar-refractivity contribution is -0.140. The molecule has 86 valence electrons. The minimum atomic E-state index is -0.718. The molecule has 2 rings (SSSR count). The molecular formula is C11H15N3O2. The normalized spacial score (nSPS) is 20.1. The first kappa shape index (κ1) is 10.9. The molecule has 1 aliphatic rings. The highest BCUT2D eigenvalue weighted by molar-refractivity contribution is 5.71. The largest absolute Gasteiger partial charge is 0.481 e. The fourth-order valence-corrected chi connectivity index (χ4v) is 2.03. The van der Waals surface area contributed by atoms with Crippen molar-refractivity contribution in [1.29, 1.82) is 0 Å². The van der Waals surface area contributed by atoms with Crippen molar-refractivity contribution in [2.45, 2.75) is 20.3 Å². The van der Waals surface area contributed by atoms with Gasteiger partial charge in [-0.2, -0.15) is 0 Å². The van der Waals surface area contributed by atoms with E-state index in [0.717, 1.165) is 23.9 Å². The van der Waals surface area contributed by atoms with Gasteiger partial charge >= 0.3 is 5.97 Å². The van der Waals surface area contributed by atoms with E-state index in [1.54, 1.807) is 0 Å². The lowest BCUT2D eigenvalue weighted by atomic mass is 10.1. The molecule has 0 saturated carbocycles. The second kappa shape index (κ2) is 4.08. The molecule has 1 aromatic heterocycles. The van der Waals surface area contributed by atoms with Gasteiger partial charge in [0, 0.05) is 24.8 Å². The minimum absolute atomic E-state index is 0.268. The van der Waals surface area contributed by atoms with Crippen LogP contribution in [-0.4, -0.2) is 34.1 Å². The van der Waals surface area contributed by atoms with Gasteiger partial charge in [0.15, 0.2) is 0 Å². The molecule has 0 amide bonds. The van der Waals surface area contributed by atoms with Crippen LogP contribution in [0.5, 0.6) is 0 Å². The van der Waals surface area contributed by atoms with Crippen molar-refractivity contribution in [1.82, 2.24) is 9.97 Å². The number of aliphatic carboxylic acids is 1. The lowest BCUT2D eigenvalue weighted by Crippen LogP contribution is -2.23. The van der Waals surface area contributed by atoms with Crippen LogP contribution >= 0.6 is 0 Å². The molecule has 5 heteroatoms. The predicted molar refractivity (Wildman–Crippen MR) is 59.5 cm³/mol. The first-order valence-corrected chi connectivity index (χ1v) is 5.36. The number of rotatable bonds is 2. The molecule has 1 aliphatic heterocycles. The van der Waals surface area contributed by atoms with Gasteiger partial charge in [-0.15, -0.1) is 0 Å². The zero-order valence-electron chi connectivity index (χ0n) is 9.47. The fraction of sp³-hybridized carbons (Fsp3) is 0.545. The van der Waals surface area contributed by atoms with Crippen molar-refractivity contribution < 1.29 is 9.90 Å². The monoisotopic (exact) mass is 221 g/mol. The van der Waals surface area contributed by atoms with Gasteiger partial charge in [0.1, 0.15) is 11.6 Å². The second-order valence-electron chi connectivity index (χ2n) is 4.18. The average Bonchev–Trinajstić information content (AvgIpc) is 2.64. The summed E-state index contributed by atoms with van der Waals surface area (Å²) >= 11 is 0. The van der Waals surface area contributed by atoms with Crippen LogP contribution in [0.15, 0.2) is 6.07 Å². The van der Waals surface area contributed by atoms with Crippen molar-refractivity contribution in [3.63, 3.8) is 0 Å². The van der Waals surface area contributed by atoms with Gasteiger partial charge in [-0.05, 0) is 20.3 Å². The smallest absolute Gasteiger partial charge is 0.308 e. The molecule has 1 saturated heterocycles. The van der Waals surface area contributed by atoms with Crippen LogP contribution in [0, 0.1) is 19.8 Å². The maximum Gasteiger partial charge on any atom is 0.308 e. The summed E-state index contributed by atoms with van der Waals surface area (Å²) in [5.74, 6) is 0.586. The highest BCUT2D eigenvalue weighted by Gasteiger charge is 2.28. The average molecular weight is 221 g/mol. The molecule has 16 heavy (non-hydrogen) atoms. The fourth-order valence-electron chi connectivity index (χ4n) is 2.03. The maximum absolute atomic E-state index is 10.9. The zero-order chi connectivity index (χ0) is 11.7. The molecule has 2 heterocycles. The van der Waals surface area contributed by atoms with Crippen LogP contribution in [0.2, 0.25) is 0 Å². The molecule has 1 fully saturated rings. The van der Waals surface area contributed by atoms with E-state index in [1.165, 1.54) is 0 Å². The number of carbonyl (C=O) groups is 1. The molecule has 0 radical (unpaired) electrons. The Balaban J connectivity index is 2.17. The Kier molecular flexibility index (Phi) is 2.77. The van der Waals surface area contributed by atoms with E-state index in [0.29, 0.717) is 13.0 Å². The van der Waals surface area contributed by atoms with Gasteiger partial charge in [-0.25, -0.2) is 9.97 Å². The third-order valence-corrected chi connectivity index (χ3v) is 2.81. The quantitative estimate of drug-likeness (QED) is 0.807. The van der Waals surface area contributed by atoms with Crippen LogP contribution < -0.4 is 4.90 Å². The van der Waals surface area contributed by atoms with E-state index in [-0.39, 0.29) is 5.92 Å². The summed E-state index contributed by atoms with van der Waals surface area (Å²) in [6, 6.07) is 1.90. The van der Waals surface area contributed by atoms with E-state index < -0.39 is 5.97 Å². The highest BCUT2D eigenvalue weighted by Crippen LogP contribution is 2.22. The lowest BCUT2D eigenvalue weighted by Gasteiger charge is -2.17. The van der Waals surface area contributed by atoms with Gasteiger partial charge in [-0.3, -0.25) is 4.79 Å². The summed E-state index contributed by atoms with van der Waals surface area (Å²) in [5.41, 5.74) is 0.918. The molecule has 1 aromatic rings. The van der Waals surface area contributed by atoms with Crippen LogP contribution in [0.1, 0.15) is 17.9 Å². The van der Waals surface area contributed by atoms with Crippen LogP contribution in [0.4, 0.5) is 5.82 Å². The summed E-state index contributed by atoms with van der Waals surface area (Å²) in [4.78, 5) is 21.4. The van der Waals surface area contributed by atoms with Gasteiger partial charge in [-0.1, -0.05) is 0 Å². The molecule has 0 unspecified atom stereocenters. The zero-order valence-corrected chi connectivity index (χ0v) is 9.47. The first-order chi connectivity index (χ1) is 7.56. The van der Waals surface area contributed by atoms with E-state index in [2.05, 4.69) is 9.97 Å². The molecule has 0 spiro atoms. The van der Waals surface area contributed by atoms with E-state index >= 15 is 0 Å². The van der Waals surface area contributed by atoms with Crippen molar-refractivity contribution in [3.05, 3.63) is 17.6 Å². The number of carboxylic acid groups (broad SMARTS) is 1. The number of hydrogen-bond donors (Lipinski definition) is 1. The predicted octanol–water partition coefficient (Wildman–Crippen LogP) is 1.00. The Morgan fingerprint density at radius 1 is 1.50 bits per heavy atom. The Morgan fingerprint density at radius 2 is 2.25 bits per heavy atom. The number of aryl methyl sites for hydroxylation is 2. The number of nitrogens with zero attached hydrogens (tertiary/aromatic N) is 3. The van der Waals surface area contributed by atoms with Gasteiger partial charge in [0.25, 0.3) is 0 Å².